The molecule has 3 rings (SSSR count). The quantitative estimate of drug-likeness (QED) is 0.560. The number of aliphatic hydroxyl groups is 1. The maximum absolute atomic E-state index is 10.3. The molecule has 0 fully saturated rings. The average molecular weight is 355 g/mol. The fraction of sp³-hybridized carbons (Fsp3) is 0.263. The van der Waals surface area contributed by atoms with Gasteiger partial charge in [-0.2, -0.15) is 0 Å². The summed E-state index contributed by atoms with van der Waals surface area (Å²) in [4.78, 5) is 0. The van der Waals surface area contributed by atoms with Crippen molar-refractivity contribution in [1.82, 2.24) is 14.8 Å². The van der Waals surface area contributed by atoms with Crippen LogP contribution in [0.15, 0.2) is 36.4 Å². The molecular formula is C19H21N3O4. The topological polar surface area (TPSA) is 112 Å². The van der Waals surface area contributed by atoms with E-state index in [0.29, 0.717) is 17.0 Å². The minimum Gasteiger partial charge on any atom is -0.508 e. The second-order valence-corrected chi connectivity index (χ2v) is 6.47. The van der Waals surface area contributed by atoms with Gasteiger partial charge in [0.1, 0.15) is 11.5 Å². The molecule has 7 nitrogen and oxygen atoms in total. The zero-order valence-corrected chi connectivity index (χ0v) is 14.6. The van der Waals surface area contributed by atoms with Crippen LogP contribution in [0.2, 0.25) is 0 Å². The highest BCUT2D eigenvalue weighted by Gasteiger charge is 2.20. The Morgan fingerprint density at radius 1 is 0.923 bits per heavy atom. The van der Waals surface area contributed by atoms with Crippen molar-refractivity contribution in [2.45, 2.75) is 32.9 Å². The number of hydrogen-bond donors (Lipinski definition) is 4. The zero-order valence-electron chi connectivity index (χ0n) is 14.6. The lowest BCUT2D eigenvalue weighted by Crippen LogP contribution is -2.03. The predicted molar refractivity (Wildman–Crippen MR) is 96.0 cm³/mol. The summed E-state index contributed by atoms with van der Waals surface area (Å²) in [5.74, 6) is 0.214. The van der Waals surface area contributed by atoms with Crippen molar-refractivity contribution in [3.8, 4) is 28.9 Å². The first-order valence-electron chi connectivity index (χ1n) is 8.27. The summed E-state index contributed by atoms with van der Waals surface area (Å²) < 4.78 is 1.48. The lowest BCUT2D eigenvalue weighted by Gasteiger charge is -2.13. The number of aliphatic hydroxyl groups excluding tert-OH is 1. The molecule has 4 N–H and O–H groups in total. The van der Waals surface area contributed by atoms with E-state index in [-0.39, 0.29) is 36.6 Å². The van der Waals surface area contributed by atoms with Gasteiger partial charge >= 0.3 is 6.01 Å². The van der Waals surface area contributed by atoms with E-state index in [1.807, 2.05) is 26.0 Å². The third-order valence-electron chi connectivity index (χ3n) is 4.29. The van der Waals surface area contributed by atoms with Crippen molar-refractivity contribution in [3.63, 3.8) is 0 Å². The number of hydrogen-bond acceptors (Lipinski definition) is 6. The third-order valence-corrected chi connectivity index (χ3v) is 4.29. The Morgan fingerprint density at radius 2 is 1.58 bits per heavy atom. The molecular weight excluding hydrogens is 334 g/mol. The maximum atomic E-state index is 10.3. The molecule has 0 unspecified atom stereocenters. The second-order valence-electron chi connectivity index (χ2n) is 6.47. The van der Waals surface area contributed by atoms with Crippen LogP contribution in [-0.4, -0.2) is 35.2 Å². The molecule has 3 aromatic rings. The predicted octanol–water partition coefficient (Wildman–Crippen LogP) is 2.73. The molecule has 26 heavy (non-hydrogen) atoms. The summed E-state index contributed by atoms with van der Waals surface area (Å²) in [6.45, 7) is 4.11. The van der Waals surface area contributed by atoms with Crippen LogP contribution in [0.3, 0.4) is 0 Å². The molecule has 1 heterocycles. The Morgan fingerprint density at radius 3 is 2.19 bits per heavy atom. The van der Waals surface area contributed by atoms with Crippen molar-refractivity contribution in [2.75, 3.05) is 0 Å². The van der Waals surface area contributed by atoms with Crippen LogP contribution < -0.4 is 0 Å². The Balaban J connectivity index is 2.03. The molecule has 1 aromatic heterocycles. The van der Waals surface area contributed by atoms with Crippen molar-refractivity contribution in [3.05, 3.63) is 53.1 Å². The first-order chi connectivity index (χ1) is 12.4. The van der Waals surface area contributed by atoms with Gasteiger partial charge in [0, 0.05) is 6.07 Å². The van der Waals surface area contributed by atoms with E-state index >= 15 is 0 Å². The van der Waals surface area contributed by atoms with Gasteiger partial charge in [0.15, 0.2) is 5.82 Å². The molecule has 0 spiro atoms. The summed E-state index contributed by atoms with van der Waals surface area (Å²) in [6, 6.07) is 9.93. The minimum atomic E-state index is -0.273. The Bertz CT molecular complexity index is 917. The molecule has 0 aliphatic rings. The Kier molecular flexibility index (Phi) is 4.81. The normalized spacial score (nSPS) is 11.2. The lowest BCUT2D eigenvalue weighted by atomic mass is 9.98. The van der Waals surface area contributed by atoms with Gasteiger partial charge in [-0.1, -0.05) is 43.2 Å². The van der Waals surface area contributed by atoms with E-state index in [0.717, 1.165) is 11.1 Å². The fourth-order valence-electron chi connectivity index (χ4n) is 2.81. The smallest absolute Gasteiger partial charge is 0.315 e. The lowest BCUT2D eigenvalue weighted by molar-refractivity contribution is 0.282. The largest absolute Gasteiger partial charge is 0.508 e. The van der Waals surface area contributed by atoms with Crippen LogP contribution in [0.25, 0.3) is 11.4 Å². The molecule has 0 bridgehead atoms. The van der Waals surface area contributed by atoms with E-state index in [1.165, 1.54) is 10.6 Å². The van der Waals surface area contributed by atoms with Crippen LogP contribution in [0, 0.1) is 0 Å². The van der Waals surface area contributed by atoms with E-state index in [4.69, 9.17) is 5.11 Å². The number of aromatic hydroxyl groups is 3. The second kappa shape index (κ2) is 7.05. The fourth-order valence-corrected chi connectivity index (χ4v) is 2.81. The molecule has 0 atom stereocenters. The highest BCUT2D eigenvalue weighted by Crippen LogP contribution is 2.38. The van der Waals surface area contributed by atoms with E-state index in [2.05, 4.69) is 10.2 Å². The van der Waals surface area contributed by atoms with Crippen molar-refractivity contribution in [1.29, 1.82) is 0 Å². The van der Waals surface area contributed by atoms with E-state index in [1.54, 1.807) is 18.2 Å². The highest BCUT2D eigenvalue weighted by molar-refractivity contribution is 5.68. The Labute approximate surface area is 150 Å². The SMILES string of the molecule is CC(C)c1cc(-c2nnc(O)n2Cc2ccc(CO)cc2)c(O)cc1O. The number of rotatable bonds is 5. The van der Waals surface area contributed by atoms with Crippen LogP contribution in [0.1, 0.15) is 36.5 Å². The van der Waals surface area contributed by atoms with E-state index < -0.39 is 0 Å². The van der Waals surface area contributed by atoms with Gasteiger partial charge in [-0.3, -0.25) is 4.57 Å². The number of aromatic nitrogens is 3. The van der Waals surface area contributed by atoms with Gasteiger partial charge in [-0.25, -0.2) is 0 Å². The summed E-state index contributed by atoms with van der Waals surface area (Å²) in [5.41, 5.74) is 2.71. The molecule has 7 heteroatoms. The van der Waals surface area contributed by atoms with Gasteiger partial charge in [0.25, 0.3) is 0 Å². The third kappa shape index (κ3) is 3.34. The van der Waals surface area contributed by atoms with Crippen molar-refractivity contribution < 1.29 is 20.4 Å². The summed E-state index contributed by atoms with van der Waals surface area (Å²) in [5, 5.41) is 47.2. The van der Waals surface area contributed by atoms with Gasteiger partial charge < -0.3 is 20.4 Å². The van der Waals surface area contributed by atoms with Crippen LogP contribution in [0.4, 0.5) is 0 Å². The molecule has 2 aromatic carbocycles. The Hall–Kier alpha value is -3.06. The monoisotopic (exact) mass is 355 g/mol. The highest BCUT2D eigenvalue weighted by atomic mass is 16.3. The number of phenolic OH excluding ortho intramolecular Hbond substituents is 2. The van der Waals surface area contributed by atoms with Gasteiger partial charge in [-0.15, -0.1) is 5.10 Å². The van der Waals surface area contributed by atoms with Crippen LogP contribution in [-0.2, 0) is 13.2 Å². The molecule has 0 amide bonds. The van der Waals surface area contributed by atoms with E-state index in [9.17, 15) is 15.3 Å². The summed E-state index contributed by atoms with van der Waals surface area (Å²) in [7, 11) is 0. The molecule has 0 aliphatic heterocycles. The van der Waals surface area contributed by atoms with Crippen LogP contribution in [0.5, 0.6) is 17.5 Å². The van der Waals surface area contributed by atoms with Gasteiger partial charge in [-0.05, 0) is 28.7 Å². The molecule has 0 saturated carbocycles. The maximum Gasteiger partial charge on any atom is 0.315 e. The average Bonchev–Trinajstić information content (AvgIpc) is 2.96. The van der Waals surface area contributed by atoms with Crippen molar-refractivity contribution in [2.24, 2.45) is 0 Å². The van der Waals surface area contributed by atoms with Crippen LogP contribution >= 0.6 is 0 Å². The molecule has 0 radical (unpaired) electrons. The number of benzene rings is 2. The molecule has 136 valence electrons. The first kappa shape index (κ1) is 17.8. The standard InChI is InChI=1S/C19H21N3O4/c1-11(2)14-7-15(17(25)8-16(14)24)18-20-21-19(26)22(18)9-12-3-5-13(10-23)6-4-12/h3-8,11,23-25H,9-10H2,1-2H3,(H,21,26). The molecule has 0 aliphatic carbocycles. The first-order valence-corrected chi connectivity index (χ1v) is 8.27. The summed E-state index contributed by atoms with van der Waals surface area (Å²) >= 11 is 0. The number of phenols is 2. The molecule has 0 saturated heterocycles. The summed E-state index contributed by atoms with van der Waals surface area (Å²) in [6.07, 6.45) is 0. The van der Waals surface area contributed by atoms with Gasteiger partial charge in [0.2, 0.25) is 0 Å². The van der Waals surface area contributed by atoms with Crippen molar-refractivity contribution >= 4 is 0 Å². The zero-order chi connectivity index (χ0) is 18.8. The number of nitrogens with zero attached hydrogens (tertiary/aromatic N) is 3. The van der Waals surface area contributed by atoms with Gasteiger partial charge in [0.05, 0.1) is 18.7 Å². The minimum absolute atomic E-state index is 0.0103.